The van der Waals surface area contributed by atoms with E-state index in [1.165, 1.54) is 11.1 Å². The number of hydrogen-bond acceptors (Lipinski definition) is 4. The summed E-state index contributed by atoms with van der Waals surface area (Å²) in [6, 6.07) is 5.72. The number of benzene rings is 1. The van der Waals surface area contributed by atoms with Crippen molar-refractivity contribution in [3.8, 4) is 5.75 Å². The van der Waals surface area contributed by atoms with Gasteiger partial charge >= 0.3 is 0 Å². The first-order valence-electron chi connectivity index (χ1n) is 8.12. The first kappa shape index (κ1) is 13.8. The van der Waals surface area contributed by atoms with Crippen LogP contribution in [0.4, 0.5) is 0 Å². The van der Waals surface area contributed by atoms with Crippen LogP contribution in [0.1, 0.15) is 49.7 Å². The molecule has 4 atom stereocenters. The molecule has 0 saturated heterocycles. The summed E-state index contributed by atoms with van der Waals surface area (Å²) >= 11 is 0. The minimum absolute atomic E-state index is 0.0509. The molecule has 4 unspecified atom stereocenters. The Balaban J connectivity index is 1.74. The average molecular weight is 299 g/mol. The molecule has 3 aliphatic carbocycles. The number of aryl methyl sites for hydroxylation is 1. The largest absolute Gasteiger partial charge is 0.508 e. The van der Waals surface area contributed by atoms with Gasteiger partial charge in [-0.15, -0.1) is 0 Å². The van der Waals surface area contributed by atoms with Crippen LogP contribution in [0, 0.1) is 17.3 Å². The minimum Gasteiger partial charge on any atom is -0.508 e. The van der Waals surface area contributed by atoms with E-state index in [-0.39, 0.29) is 17.1 Å². The predicted molar refractivity (Wildman–Crippen MR) is 82.3 cm³/mol. The third-order valence-corrected chi connectivity index (χ3v) is 6.41. The molecule has 0 heterocycles. The molecule has 1 aromatic rings. The van der Waals surface area contributed by atoms with Crippen molar-refractivity contribution >= 4 is 11.5 Å². The van der Waals surface area contributed by atoms with E-state index in [4.69, 9.17) is 5.21 Å². The predicted octanol–water partition coefficient (Wildman–Crippen LogP) is 3.26. The number of carbonyl (C=O) groups is 1. The van der Waals surface area contributed by atoms with Crippen LogP contribution in [0.5, 0.6) is 5.75 Å². The zero-order chi connectivity index (χ0) is 15.5. The molecule has 2 fully saturated rings. The number of phenolic OH excluding ortho intramolecular Hbond substituents is 1. The zero-order valence-corrected chi connectivity index (χ0v) is 12.7. The lowest BCUT2D eigenvalue weighted by Gasteiger charge is -2.47. The van der Waals surface area contributed by atoms with E-state index in [1.807, 2.05) is 6.07 Å². The number of carbonyl (C=O) groups excluding carboxylic acids is 1. The second-order valence-corrected chi connectivity index (χ2v) is 7.33. The molecule has 0 aromatic heterocycles. The maximum atomic E-state index is 12.5. The fourth-order valence-corrected chi connectivity index (χ4v) is 5.26. The van der Waals surface area contributed by atoms with Crippen molar-refractivity contribution in [2.75, 3.05) is 0 Å². The average Bonchev–Trinajstić information content (AvgIpc) is 2.78. The van der Waals surface area contributed by atoms with Gasteiger partial charge in [0.15, 0.2) is 5.78 Å². The molecule has 4 rings (SSSR count). The van der Waals surface area contributed by atoms with Crippen LogP contribution >= 0.6 is 0 Å². The first-order valence-corrected chi connectivity index (χ1v) is 8.12. The third-order valence-electron chi connectivity index (χ3n) is 6.41. The van der Waals surface area contributed by atoms with Crippen LogP contribution in [-0.4, -0.2) is 21.8 Å². The second kappa shape index (κ2) is 4.58. The molecule has 4 heteroatoms. The molecule has 2 saturated carbocycles. The van der Waals surface area contributed by atoms with Crippen molar-refractivity contribution in [2.45, 2.75) is 44.9 Å². The normalized spacial score (nSPS) is 38.5. The summed E-state index contributed by atoms with van der Waals surface area (Å²) in [4.78, 5) is 12.5. The molecule has 0 spiro atoms. The van der Waals surface area contributed by atoms with Crippen molar-refractivity contribution in [2.24, 2.45) is 22.4 Å². The van der Waals surface area contributed by atoms with Gasteiger partial charge in [0, 0.05) is 11.8 Å². The van der Waals surface area contributed by atoms with Gasteiger partial charge in [-0.1, -0.05) is 18.1 Å². The van der Waals surface area contributed by atoms with Gasteiger partial charge in [-0.2, -0.15) is 0 Å². The van der Waals surface area contributed by atoms with Crippen LogP contribution in [0.25, 0.3) is 0 Å². The molecule has 22 heavy (non-hydrogen) atoms. The molecule has 0 radical (unpaired) electrons. The van der Waals surface area contributed by atoms with Gasteiger partial charge in [0.25, 0.3) is 0 Å². The van der Waals surface area contributed by atoms with Crippen LogP contribution in [0.2, 0.25) is 0 Å². The summed E-state index contributed by atoms with van der Waals surface area (Å²) in [5.74, 6) is 1.61. The van der Waals surface area contributed by atoms with E-state index in [2.05, 4.69) is 18.1 Å². The molecule has 0 aliphatic heterocycles. The lowest BCUT2D eigenvalue weighted by atomic mass is 9.55. The van der Waals surface area contributed by atoms with E-state index in [9.17, 15) is 9.90 Å². The first-order chi connectivity index (χ1) is 10.5. The van der Waals surface area contributed by atoms with Crippen molar-refractivity contribution < 1.29 is 15.1 Å². The molecule has 0 amide bonds. The summed E-state index contributed by atoms with van der Waals surface area (Å²) in [6.07, 6.45) is 4.47. The van der Waals surface area contributed by atoms with Gasteiger partial charge in [0.05, 0.1) is 0 Å². The smallest absolute Gasteiger partial charge is 0.186 e. The van der Waals surface area contributed by atoms with Gasteiger partial charge < -0.3 is 10.3 Å². The van der Waals surface area contributed by atoms with E-state index in [0.29, 0.717) is 29.7 Å². The second-order valence-electron chi connectivity index (χ2n) is 7.33. The van der Waals surface area contributed by atoms with Crippen molar-refractivity contribution in [3.63, 3.8) is 0 Å². The van der Waals surface area contributed by atoms with Gasteiger partial charge in [0.2, 0.25) is 0 Å². The highest BCUT2D eigenvalue weighted by Gasteiger charge is 2.57. The van der Waals surface area contributed by atoms with Crippen molar-refractivity contribution in [1.29, 1.82) is 0 Å². The number of nitrogens with zero attached hydrogens (tertiary/aromatic N) is 1. The minimum atomic E-state index is -0.350. The SMILES string of the molecule is CC12CCC3c4ccc(O)cc4CCC3C1C/C(=N\O)C2=O. The van der Waals surface area contributed by atoms with Gasteiger partial charge in [0.1, 0.15) is 11.5 Å². The number of ketones is 1. The fraction of sp³-hybridized carbons (Fsp3) is 0.556. The standard InChI is InChI=1S/C18H21NO3/c1-18-7-6-13-12-5-3-11(20)8-10(12)2-4-14(13)15(18)9-16(19-22)17(18)21/h3,5,8,13-15,20,22H,2,4,6-7,9H2,1H3/b19-16+. The fourth-order valence-electron chi connectivity index (χ4n) is 5.26. The summed E-state index contributed by atoms with van der Waals surface area (Å²) < 4.78 is 0. The maximum Gasteiger partial charge on any atom is 0.186 e. The van der Waals surface area contributed by atoms with E-state index >= 15 is 0 Å². The Hall–Kier alpha value is -1.84. The molecule has 4 nitrogen and oxygen atoms in total. The molecule has 2 N–H and O–H groups in total. The summed E-state index contributed by atoms with van der Waals surface area (Å²) in [6.45, 7) is 2.06. The van der Waals surface area contributed by atoms with Gasteiger partial charge in [-0.3, -0.25) is 4.79 Å². The number of fused-ring (bicyclic) bond motifs is 5. The molecular formula is C18H21NO3. The van der Waals surface area contributed by atoms with E-state index in [1.54, 1.807) is 6.07 Å². The summed E-state index contributed by atoms with van der Waals surface area (Å²) in [5.41, 5.74) is 2.62. The summed E-state index contributed by atoms with van der Waals surface area (Å²) in [5, 5.41) is 22.1. The lowest BCUT2D eigenvalue weighted by Crippen LogP contribution is -2.42. The highest BCUT2D eigenvalue weighted by atomic mass is 16.4. The van der Waals surface area contributed by atoms with Crippen LogP contribution in [-0.2, 0) is 11.2 Å². The number of Topliss-reactive ketones (excluding diaryl/α,β-unsaturated/α-hetero) is 1. The Morgan fingerprint density at radius 1 is 1.32 bits per heavy atom. The van der Waals surface area contributed by atoms with Gasteiger partial charge in [-0.05, 0) is 66.7 Å². The molecule has 116 valence electrons. The van der Waals surface area contributed by atoms with Crippen LogP contribution in [0.15, 0.2) is 23.4 Å². The van der Waals surface area contributed by atoms with Crippen LogP contribution in [0.3, 0.4) is 0 Å². The molecule has 1 aromatic carbocycles. The Morgan fingerprint density at radius 3 is 2.91 bits per heavy atom. The molecule has 0 bridgehead atoms. The Kier molecular flexibility index (Phi) is 2.87. The molecular weight excluding hydrogens is 278 g/mol. The Bertz CT molecular complexity index is 681. The lowest BCUT2D eigenvalue weighted by molar-refractivity contribution is -0.125. The topological polar surface area (TPSA) is 69.9 Å². The number of phenols is 1. The van der Waals surface area contributed by atoms with Crippen molar-refractivity contribution in [1.82, 2.24) is 0 Å². The molecule has 3 aliphatic rings. The highest BCUT2D eigenvalue weighted by Crippen LogP contribution is 2.59. The number of hydrogen-bond donors (Lipinski definition) is 2. The third kappa shape index (κ3) is 1.70. The number of aromatic hydroxyl groups is 1. The van der Waals surface area contributed by atoms with Crippen LogP contribution < -0.4 is 0 Å². The van der Waals surface area contributed by atoms with E-state index in [0.717, 1.165) is 25.7 Å². The van der Waals surface area contributed by atoms with E-state index < -0.39 is 0 Å². The quantitative estimate of drug-likeness (QED) is 0.570. The maximum absolute atomic E-state index is 12.5. The number of rotatable bonds is 0. The van der Waals surface area contributed by atoms with Crippen molar-refractivity contribution in [3.05, 3.63) is 29.3 Å². The Morgan fingerprint density at radius 2 is 2.14 bits per heavy atom. The number of oxime groups is 1. The van der Waals surface area contributed by atoms with Gasteiger partial charge in [-0.25, -0.2) is 0 Å². The zero-order valence-electron chi connectivity index (χ0n) is 12.7. The summed E-state index contributed by atoms with van der Waals surface area (Å²) in [7, 11) is 0. The highest BCUT2D eigenvalue weighted by molar-refractivity contribution is 6.43. The Labute approximate surface area is 129 Å². The monoisotopic (exact) mass is 299 g/mol.